The number of hydrogen-bond donors (Lipinski definition) is 0. The Bertz CT molecular complexity index is 624. The summed E-state index contributed by atoms with van der Waals surface area (Å²) >= 11 is 3.62. The molecule has 0 N–H and O–H groups in total. The van der Waals surface area contributed by atoms with E-state index in [-0.39, 0.29) is 0 Å². The lowest BCUT2D eigenvalue weighted by Crippen LogP contribution is -2.22. The van der Waals surface area contributed by atoms with Crippen molar-refractivity contribution in [1.29, 1.82) is 0 Å². The molecule has 0 spiro atoms. The van der Waals surface area contributed by atoms with Gasteiger partial charge in [0.2, 0.25) is 0 Å². The van der Waals surface area contributed by atoms with Gasteiger partial charge in [0, 0.05) is 11.0 Å². The molecule has 0 aromatic heterocycles. The number of nitrogens with zero attached hydrogens (tertiary/aromatic N) is 1. The smallest absolute Gasteiger partial charge is 0.0253 e. The number of likely N-dealkylation sites (N-methyl/N-ethyl adjacent to an activating group) is 1. The van der Waals surface area contributed by atoms with Crippen LogP contribution in [0.3, 0.4) is 0 Å². The molecule has 116 valence electrons. The van der Waals surface area contributed by atoms with E-state index in [4.69, 9.17) is 0 Å². The zero-order valence-electron chi connectivity index (χ0n) is 13.6. The zero-order chi connectivity index (χ0) is 15.9. The molecule has 0 saturated carbocycles. The topological polar surface area (TPSA) is 3.24 Å². The third-order valence-electron chi connectivity index (χ3n) is 4.08. The van der Waals surface area contributed by atoms with E-state index >= 15 is 0 Å². The van der Waals surface area contributed by atoms with Crippen LogP contribution < -0.4 is 0 Å². The van der Waals surface area contributed by atoms with E-state index in [1.54, 1.807) is 0 Å². The number of allylic oxidation sites excluding steroid dienone is 1. The molecule has 0 heterocycles. The molecule has 0 aliphatic carbocycles. The average molecular weight is 358 g/mol. The third kappa shape index (κ3) is 4.31. The molecule has 22 heavy (non-hydrogen) atoms. The molecule has 2 aromatic rings. The van der Waals surface area contributed by atoms with Crippen molar-refractivity contribution in [1.82, 2.24) is 4.90 Å². The van der Waals surface area contributed by atoms with Gasteiger partial charge in [-0.1, -0.05) is 78.3 Å². The Kier molecular flexibility index (Phi) is 6.41. The first-order chi connectivity index (χ1) is 10.7. The molecule has 2 heteroatoms. The summed E-state index contributed by atoms with van der Waals surface area (Å²) < 4.78 is 1.14. The molecule has 2 aromatic carbocycles. The predicted octanol–water partition coefficient (Wildman–Crippen LogP) is 5.86. The highest BCUT2D eigenvalue weighted by atomic mass is 79.9. The van der Waals surface area contributed by atoms with E-state index in [0.29, 0.717) is 0 Å². The molecule has 0 aliphatic rings. The Morgan fingerprint density at radius 3 is 2.23 bits per heavy atom. The summed E-state index contributed by atoms with van der Waals surface area (Å²) in [6, 6.07) is 17.2. The van der Waals surface area contributed by atoms with Gasteiger partial charge in [-0.15, -0.1) is 0 Å². The number of rotatable bonds is 6. The Balaban J connectivity index is 2.15. The first kappa shape index (κ1) is 17.0. The lowest BCUT2D eigenvalue weighted by atomic mass is 10.0. The van der Waals surface area contributed by atoms with Gasteiger partial charge in [0.15, 0.2) is 0 Å². The van der Waals surface area contributed by atoms with Crippen molar-refractivity contribution < 1.29 is 0 Å². The summed E-state index contributed by atoms with van der Waals surface area (Å²) in [6.07, 6.45) is 2.32. The number of halogens is 1. The van der Waals surface area contributed by atoms with Gasteiger partial charge in [0.05, 0.1) is 0 Å². The molecular weight excluding hydrogens is 334 g/mol. The van der Waals surface area contributed by atoms with Crippen molar-refractivity contribution in [2.75, 3.05) is 19.6 Å². The van der Waals surface area contributed by atoms with Crippen molar-refractivity contribution in [3.63, 3.8) is 0 Å². The normalized spacial score (nSPS) is 12.0. The maximum absolute atomic E-state index is 3.62. The van der Waals surface area contributed by atoms with Gasteiger partial charge < -0.3 is 4.90 Å². The van der Waals surface area contributed by atoms with Crippen LogP contribution in [0.4, 0.5) is 0 Å². The lowest BCUT2D eigenvalue weighted by molar-refractivity contribution is 0.337. The van der Waals surface area contributed by atoms with Crippen LogP contribution in [0, 0.1) is 0 Å². The van der Waals surface area contributed by atoms with Gasteiger partial charge in [-0.25, -0.2) is 0 Å². The lowest BCUT2D eigenvalue weighted by Gasteiger charge is -2.16. The molecule has 0 amide bonds. The molecule has 0 saturated heterocycles. The molecule has 1 nitrogen and oxygen atoms in total. The SMILES string of the molecule is CCN(CC)CC=C(C)c1ccc(-c2ccccc2Br)cc1. The van der Waals surface area contributed by atoms with Crippen molar-refractivity contribution >= 4 is 21.5 Å². The second-order valence-corrected chi connectivity index (χ2v) is 6.28. The van der Waals surface area contributed by atoms with Crippen LogP contribution in [-0.4, -0.2) is 24.5 Å². The third-order valence-corrected chi connectivity index (χ3v) is 4.77. The van der Waals surface area contributed by atoms with Crippen molar-refractivity contribution in [2.24, 2.45) is 0 Å². The Morgan fingerprint density at radius 2 is 1.64 bits per heavy atom. The fraction of sp³-hybridized carbons (Fsp3) is 0.300. The van der Waals surface area contributed by atoms with Crippen LogP contribution in [0.15, 0.2) is 59.1 Å². The second-order valence-electron chi connectivity index (χ2n) is 5.43. The van der Waals surface area contributed by atoms with Gasteiger partial charge in [0.1, 0.15) is 0 Å². The first-order valence-electron chi connectivity index (χ1n) is 7.90. The fourth-order valence-electron chi connectivity index (χ4n) is 2.47. The minimum Gasteiger partial charge on any atom is -0.300 e. The van der Waals surface area contributed by atoms with Crippen LogP contribution in [0.5, 0.6) is 0 Å². The number of hydrogen-bond acceptors (Lipinski definition) is 1. The second kappa shape index (κ2) is 8.30. The maximum Gasteiger partial charge on any atom is 0.0253 e. The van der Waals surface area contributed by atoms with E-state index < -0.39 is 0 Å². The molecule has 0 bridgehead atoms. The van der Waals surface area contributed by atoms with Gasteiger partial charge in [-0.2, -0.15) is 0 Å². The highest BCUT2D eigenvalue weighted by Gasteiger charge is 2.03. The molecule has 2 rings (SSSR count). The van der Waals surface area contributed by atoms with Crippen LogP contribution in [-0.2, 0) is 0 Å². The number of benzene rings is 2. The van der Waals surface area contributed by atoms with Crippen molar-refractivity contribution in [3.05, 3.63) is 64.6 Å². The summed E-state index contributed by atoms with van der Waals surface area (Å²) in [5, 5.41) is 0. The largest absolute Gasteiger partial charge is 0.300 e. The van der Waals surface area contributed by atoms with Crippen molar-refractivity contribution in [3.8, 4) is 11.1 Å². The van der Waals surface area contributed by atoms with E-state index in [9.17, 15) is 0 Å². The Hall–Kier alpha value is -1.38. The minimum atomic E-state index is 1.02. The summed E-state index contributed by atoms with van der Waals surface area (Å²) in [6.45, 7) is 9.82. The molecule has 0 fully saturated rings. The van der Waals surface area contributed by atoms with Gasteiger partial charge in [-0.3, -0.25) is 0 Å². The molecular formula is C20H24BrN. The Labute approximate surface area is 142 Å². The van der Waals surface area contributed by atoms with Gasteiger partial charge in [0.25, 0.3) is 0 Å². The van der Waals surface area contributed by atoms with Crippen LogP contribution in [0.1, 0.15) is 26.3 Å². The molecule has 0 aliphatic heterocycles. The standard InChI is InChI=1S/C20H24BrN/c1-4-22(5-2)15-14-16(3)17-10-12-18(13-11-17)19-8-6-7-9-20(19)21/h6-14H,4-5,15H2,1-3H3. The summed E-state index contributed by atoms with van der Waals surface area (Å²) in [7, 11) is 0. The monoisotopic (exact) mass is 357 g/mol. The maximum atomic E-state index is 3.62. The van der Waals surface area contributed by atoms with Crippen LogP contribution >= 0.6 is 15.9 Å². The fourth-order valence-corrected chi connectivity index (χ4v) is 2.99. The van der Waals surface area contributed by atoms with Crippen molar-refractivity contribution in [2.45, 2.75) is 20.8 Å². The Morgan fingerprint density at radius 1 is 1.00 bits per heavy atom. The van der Waals surface area contributed by atoms with Crippen LogP contribution in [0.25, 0.3) is 16.7 Å². The summed E-state index contributed by atoms with van der Waals surface area (Å²) in [4.78, 5) is 2.42. The van der Waals surface area contributed by atoms with Gasteiger partial charge >= 0.3 is 0 Å². The zero-order valence-corrected chi connectivity index (χ0v) is 15.2. The van der Waals surface area contributed by atoms with E-state index in [1.165, 1.54) is 22.3 Å². The highest BCUT2D eigenvalue weighted by molar-refractivity contribution is 9.10. The van der Waals surface area contributed by atoms with Crippen LogP contribution in [0.2, 0.25) is 0 Å². The van der Waals surface area contributed by atoms with Gasteiger partial charge in [-0.05, 0) is 48.3 Å². The van der Waals surface area contributed by atoms with E-state index in [1.807, 2.05) is 6.07 Å². The predicted molar refractivity (Wildman–Crippen MR) is 101 cm³/mol. The highest BCUT2D eigenvalue weighted by Crippen LogP contribution is 2.28. The minimum absolute atomic E-state index is 1.02. The quantitative estimate of drug-likeness (QED) is 0.625. The summed E-state index contributed by atoms with van der Waals surface area (Å²) in [5.41, 5.74) is 5.11. The summed E-state index contributed by atoms with van der Waals surface area (Å²) in [5.74, 6) is 0. The average Bonchev–Trinajstić information content (AvgIpc) is 2.56. The molecule has 0 atom stereocenters. The van der Waals surface area contributed by atoms with E-state index in [0.717, 1.165) is 24.1 Å². The first-order valence-corrected chi connectivity index (χ1v) is 8.69. The van der Waals surface area contributed by atoms with E-state index in [2.05, 4.69) is 90.1 Å². The molecule has 0 unspecified atom stereocenters. The molecule has 0 radical (unpaired) electrons.